The van der Waals surface area contributed by atoms with E-state index >= 15 is 0 Å². The van der Waals surface area contributed by atoms with Crippen molar-refractivity contribution < 1.29 is 13.9 Å². The largest absolute Gasteiger partial charge is 0.497 e. The zero-order valence-electron chi connectivity index (χ0n) is 16.2. The molecule has 0 N–H and O–H groups in total. The van der Waals surface area contributed by atoms with Crippen molar-refractivity contribution in [1.29, 1.82) is 0 Å². The minimum Gasteiger partial charge on any atom is -0.497 e. The first kappa shape index (κ1) is 18.1. The van der Waals surface area contributed by atoms with Crippen molar-refractivity contribution in [1.82, 2.24) is 9.55 Å². The zero-order chi connectivity index (χ0) is 20.7. The number of aromatic nitrogens is 2. The van der Waals surface area contributed by atoms with Crippen LogP contribution in [0.5, 0.6) is 5.75 Å². The number of para-hydroxylation sites is 1. The number of benzene rings is 3. The molecule has 0 fully saturated rings. The Morgan fingerprint density at radius 3 is 2.53 bits per heavy atom. The van der Waals surface area contributed by atoms with Gasteiger partial charge >= 0.3 is 0 Å². The van der Waals surface area contributed by atoms with Crippen LogP contribution in [0.1, 0.15) is 10.4 Å². The molecule has 0 aliphatic carbocycles. The first-order chi connectivity index (χ1) is 14.7. The van der Waals surface area contributed by atoms with Crippen molar-refractivity contribution in [2.24, 2.45) is 0 Å². The summed E-state index contributed by atoms with van der Waals surface area (Å²) in [4.78, 5) is 19.5. The second kappa shape index (κ2) is 7.15. The number of amides is 1. The smallest absolute Gasteiger partial charge is 0.259 e. The lowest BCUT2D eigenvalue weighted by Gasteiger charge is -2.31. The molecular weight excluding hydrogens is 381 g/mol. The van der Waals surface area contributed by atoms with Crippen molar-refractivity contribution in [3.8, 4) is 28.4 Å². The fourth-order valence-corrected chi connectivity index (χ4v) is 3.81. The summed E-state index contributed by atoms with van der Waals surface area (Å²) in [6.07, 6.45) is 1.72. The van der Waals surface area contributed by atoms with Gasteiger partial charge in [0.1, 0.15) is 24.1 Å². The van der Waals surface area contributed by atoms with Crippen molar-refractivity contribution in [3.05, 3.63) is 90.4 Å². The summed E-state index contributed by atoms with van der Waals surface area (Å²) >= 11 is 0. The standard InChI is InChI=1S/C24H18FN3O2/c1-30-17-11-12-18(20(25)13-17)23-26-14-22-19-9-5-6-10-21(19)28(15-27(22)23)24(29)16-7-3-2-4-8-16/h2-14H,15H2,1H3. The second-order valence-corrected chi connectivity index (χ2v) is 7.00. The molecule has 0 saturated heterocycles. The summed E-state index contributed by atoms with van der Waals surface area (Å²) in [5, 5.41) is 0. The Labute approximate surface area is 173 Å². The number of carbonyl (C=O) groups excluding carboxylic acids is 1. The van der Waals surface area contributed by atoms with Crippen LogP contribution < -0.4 is 9.64 Å². The Balaban J connectivity index is 1.64. The van der Waals surface area contributed by atoms with Crippen molar-refractivity contribution in [3.63, 3.8) is 0 Å². The molecule has 148 valence electrons. The maximum absolute atomic E-state index is 14.8. The highest BCUT2D eigenvalue weighted by atomic mass is 19.1. The molecule has 5 nitrogen and oxygen atoms in total. The predicted octanol–water partition coefficient (Wildman–Crippen LogP) is 4.98. The molecule has 0 radical (unpaired) electrons. The van der Waals surface area contributed by atoms with Crippen molar-refractivity contribution >= 4 is 11.6 Å². The molecule has 0 spiro atoms. The second-order valence-electron chi connectivity index (χ2n) is 7.00. The number of anilines is 1. The summed E-state index contributed by atoms with van der Waals surface area (Å²) < 4.78 is 21.7. The Bertz CT molecular complexity index is 1250. The van der Waals surface area contributed by atoms with E-state index < -0.39 is 5.82 Å². The molecule has 2 heterocycles. The molecule has 5 rings (SSSR count). The number of hydrogen-bond acceptors (Lipinski definition) is 3. The topological polar surface area (TPSA) is 47.4 Å². The molecule has 3 aromatic carbocycles. The normalized spacial score (nSPS) is 12.3. The predicted molar refractivity (Wildman–Crippen MR) is 113 cm³/mol. The third-order valence-corrected chi connectivity index (χ3v) is 5.29. The van der Waals surface area contributed by atoms with E-state index in [1.807, 2.05) is 47.0 Å². The number of fused-ring (bicyclic) bond motifs is 3. The lowest BCUT2D eigenvalue weighted by atomic mass is 10.1. The molecule has 0 bridgehead atoms. The van der Waals surface area contributed by atoms with Crippen LogP contribution in [0, 0.1) is 5.82 Å². The van der Waals surface area contributed by atoms with Crippen LogP contribution in [-0.2, 0) is 6.67 Å². The van der Waals surface area contributed by atoms with Gasteiger partial charge in [0.15, 0.2) is 0 Å². The van der Waals surface area contributed by atoms with Gasteiger partial charge in [0.2, 0.25) is 0 Å². The van der Waals surface area contributed by atoms with E-state index in [1.165, 1.54) is 13.2 Å². The van der Waals surface area contributed by atoms with Gasteiger partial charge in [0.25, 0.3) is 5.91 Å². The van der Waals surface area contributed by atoms with Crippen LogP contribution >= 0.6 is 0 Å². The molecule has 6 heteroatoms. The maximum Gasteiger partial charge on any atom is 0.259 e. The summed E-state index contributed by atoms with van der Waals surface area (Å²) in [6.45, 7) is 0.237. The Hall–Kier alpha value is -3.93. The van der Waals surface area contributed by atoms with Gasteiger partial charge < -0.3 is 9.30 Å². The average molecular weight is 399 g/mol. The molecule has 4 aromatic rings. The Morgan fingerprint density at radius 1 is 1.00 bits per heavy atom. The van der Waals surface area contributed by atoms with Crippen LogP contribution in [0.2, 0.25) is 0 Å². The average Bonchev–Trinajstić information content (AvgIpc) is 3.22. The van der Waals surface area contributed by atoms with Crippen LogP contribution in [0.15, 0.2) is 79.0 Å². The van der Waals surface area contributed by atoms with Gasteiger partial charge in [-0.3, -0.25) is 9.69 Å². The summed E-state index contributed by atoms with van der Waals surface area (Å²) in [5.74, 6) is 0.351. The minimum absolute atomic E-state index is 0.122. The number of nitrogens with zero attached hydrogens (tertiary/aromatic N) is 3. The van der Waals surface area contributed by atoms with Gasteiger partial charge in [-0.2, -0.15) is 0 Å². The first-order valence-corrected chi connectivity index (χ1v) is 9.53. The van der Waals surface area contributed by atoms with Gasteiger partial charge in [-0.1, -0.05) is 36.4 Å². The summed E-state index contributed by atoms with van der Waals surface area (Å²) in [7, 11) is 1.50. The van der Waals surface area contributed by atoms with Crippen molar-refractivity contribution in [2.75, 3.05) is 12.0 Å². The fraction of sp³-hybridized carbons (Fsp3) is 0.0833. The number of methoxy groups -OCH3 is 1. The number of halogens is 1. The fourth-order valence-electron chi connectivity index (χ4n) is 3.81. The van der Waals surface area contributed by atoms with E-state index in [2.05, 4.69) is 4.98 Å². The van der Waals surface area contributed by atoms with Gasteiger partial charge in [-0.25, -0.2) is 9.37 Å². The van der Waals surface area contributed by atoms with Crippen LogP contribution in [-0.4, -0.2) is 22.6 Å². The molecule has 0 saturated carbocycles. The van der Waals surface area contributed by atoms with E-state index in [0.717, 1.165) is 16.9 Å². The molecule has 1 amide bonds. The lowest BCUT2D eigenvalue weighted by Crippen LogP contribution is -2.36. The third-order valence-electron chi connectivity index (χ3n) is 5.29. The van der Waals surface area contributed by atoms with Gasteiger partial charge in [-0.05, 0) is 30.3 Å². The SMILES string of the molecule is COc1ccc(-c2ncc3n2CN(C(=O)c2ccccc2)c2ccccc2-3)c(F)c1. The van der Waals surface area contributed by atoms with Gasteiger partial charge in [0.05, 0.1) is 30.3 Å². The monoisotopic (exact) mass is 399 g/mol. The summed E-state index contributed by atoms with van der Waals surface area (Å²) in [6, 6.07) is 21.5. The van der Waals surface area contributed by atoms with Crippen molar-refractivity contribution in [2.45, 2.75) is 6.67 Å². The van der Waals surface area contributed by atoms with Gasteiger partial charge in [-0.15, -0.1) is 0 Å². The van der Waals surface area contributed by atoms with E-state index in [4.69, 9.17) is 4.74 Å². The maximum atomic E-state index is 14.8. The lowest BCUT2D eigenvalue weighted by molar-refractivity contribution is 0.0979. The first-order valence-electron chi connectivity index (χ1n) is 9.53. The number of rotatable bonds is 3. The highest BCUT2D eigenvalue weighted by Crippen LogP contribution is 2.39. The number of hydrogen-bond donors (Lipinski definition) is 0. The van der Waals surface area contributed by atoms with E-state index in [9.17, 15) is 9.18 Å². The number of imidazole rings is 1. The van der Waals surface area contributed by atoms with E-state index in [0.29, 0.717) is 22.7 Å². The Morgan fingerprint density at radius 2 is 1.77 bits per heavy atom. The molecule has 1 aromatic heterocycles. The zero-order valence-corrected chi connectivity index (χ0v) is 16.2. The molecule has 0 unspecified atom stereocenters. The molecule has 30 heavy (non-hydrogen) atoms. The van der Waals surface area contributed by atoms with Gasteiger partial charge in [0, 0.05) is 17.2 Å². The molecule has 1 aliphatic heterocycles. The molecular formula is C24H18FN3O2. The quantitative estimate of drug-likeness (QED) is 0.488. The van der Waals surface area contributed by atoms with Crippen LogP contribution in [0.4, 0.5) is 10.1 Å². The number of ether oxygens (including phenoxy) is 1. The number of carbonyl (C=O) groups is 1. The van der Waals surface area contributed by atoms with E-state index in [-0.39, 0.29) is 12.6 Å². The highest BCUT2D eigenvalue weighted by molar-refractivity contribution is 6.08. The Kier molecular flexibility index (Phi) is 4.32. The molecule has 1 aliphatic rings. The minimum atomic E-state index is -0.428. The van der Waals surface area contributed by atoms with E-state index in [1.54, 1.807) is 35.4 Å². The highest BCUT2D eigenvalue weighted by Gasteiger charge is 2.29. The molecule has 0 atom stereocenters. The third kappa shape index (κ3) is 2.85. The van der Waals surface area contributed by atoms with Crippen LogP contribution in [0.25, 0.3) is 22.6 Å². The van der Waals surface area contributed by atoms with Crippen LogP contribution in [0.3, 0.4) is 0 Å². The summed E-state index contributed by atoms with van der Waals surface area (Å²) in [5.41, 5.74) is 3.47.